The number of sulfonamides is 1. The zero-order valence-electron chi connectivity index (χ0n) is 10.6. The van der Waals surface area contributed by atoms with Gasteiger partial charge < -0.3 is 9.67 Å². The van der Waals surface area contributed by atoms with Crippen LogP contribution in [0.1, 0.15) is 11.4 Å². The molecule has 0 bridgehead atoms. The molecule has 0 aliphatic carbocycles. The first-order chi connectivity index (χ1) is 9.44. The van der Waals surface area contributed by atoms with E-state index < -0.39 is 22.4 Å². The largest absolute Gasteiger partial charge is 0.392 e. The lowest BCUT2D eigenvalue weighted by Gasteiger charge is -2.10. The number of aromatic nitrogens is 3. The standard InChI is InChI=1S/C11H13FN4O3S/c1-16-7-13-15-11(16)5-14-20(18,19)10-4-9(12)3-2-8(10)6-17/h2-4,7,14,17H,5-6H2,1H3. The van der Waals surface area contributed by atoms with Crippen molar-refractivity contribution >= 4 is 10.0 Å². The molecule has 0 aliphatic heterocycles. The number of halogens is 1. The van der Waals surface area contributed by atoms with E-state index in [2.05, 4.69) is 14.9 Å². The van der Waals surface area contributed by atoms with Gasteiger partial charge >= 0.3 is 0 Å². The second-order valence-electron chi connectivity index (χ2n) is 4.09. The molecular weight excluding hydrogens is 287 g/mol. The molecule has 2 N–H and O–H groups in total. The third-order valence-corrected chi connectivity index (χ3v) is 4.20. The van der Waals surface area contributed by atoms with Crippen LogP contribution in [0.3, 0.4) is 0 Å². The van der Waals surface area contributed by atoms with Crippen LogP contribution in [-0.4, -0.2) is 28.3 Å². The smallest absolute Gasteiger partial charge is 0.241 e. The Morgan fingerprint density at radius 3 is 2.80 bits per heavy atom. The summed E-state index contributed by atoms with van der Waals surface area (Å²) in [6.45, 7) is -0.583. The minimum Gasteiger partial charge on any atom is -0.392 e. The van der Waals surface area contributed by atoms with Gasteiger partial charge in [0.25, 0.3) is 0 Å². The SMILES string of the molecule is Cn1cnnc1CNS(=O)(=O)c1cc(F)ccc1CO. The van der Waals surface area contributed by atoms with Crippen molar-refractivity contribution in [2.75, 3.05) is 0 Å². The summed E-state index contributed by atoms with van der Waals surface area (Å²) in [6, 6.07) is 3.18. The lowest BCUT2D eigenvalue weighted by atomic mass is 10.2. The monoisotopic (exact) mass is 300 g/mol. The first-order valence-electron chi connectivity index (χ1n) is 5.66. The third kappa shape index (κ3) is 3.00. The Hall–Kier alpha value is -1.84. The lowest BCUT2D eigenvalue weighted by molar-refractivity contribution is 0.278. The molecular formula is C11H13FN4O3S. The van der Waals surface area contributed by atoms with E-state index in [0.717, 1.165) is 12.1 Å². The fraction of sp³-hybridized carbons (Fsp3) is 0.273. The van der Waals surface area contributed by atoms with Crippen LogP contribution in [0.25, 0.3) is 0 Å². The van der Waals surface area contributed by atoms with Crippen molar-refractivity contribution in [3.8, 4) is 0 Å². The van der Waals surface area contributed by atoms with Crippen LogP contribution >= 0.6 is 0 Å². The summed E-state index contributed by atoms with van der Waals surface area (Å²) >= 11 is 0. The van der Waals surface area contributed by atoms with Crippen LogP contribution in [0, 0.1) is 5.82 Å². The second-order valence-corrected chi connectivity index (χ2v) is 5.83. The van der Waals surface area contributed by atoms with E-state index in [0.29, 0.717) is 5.82 Å². The normalized spacial score (nSPS) is 11.8. The molecule has 0 fully saturated rings. The Kier molecular flexibility index (Phi) is 4.12. The maximum atomic E-state index is 13.2. The maximum absolute atomic E-state index is 13.2. The third-order valence-electron chi connectivity index (χ3n) is 2.71. The number of aryl methyl sites for hydroxylation is 1. The molecule has 1 aromatic carbocycles. The van der Waals surface area contributed by atoms with E-state index in [1.807, 2.05) is 0 Å². The van der Waals surface area contributed by atoms with Gasteiger partial charge in [0.2, 0.25) is 10.0 Å². The predicted molar refractivity (Wildman–Crippen MR) is 67.4 cm³/mol. The minimum atomic E-state index is -3.95. The number of aliphatic hydroxyl groups is 1. The zero-order valence-corrected chi connectivity index (χ0v) is 11.4. The molecule has 0 aliphatic rings. The van der Waals surface area contributed by atoms with E-state index in [1.165, 1.54) is 12.4 Å². The number of nitrogens with one attached hydrogen (secondary N) is 1. The number of nitrogens with zero attached hydrogens (tertiary/aromatic N) is 3. The molecule has 2 rings (SSSR count). The Balaban J connectivity index is 2.26. The van der Waals surface area contributed by atoms with Gasteiger partial charge in [-0.15, -0.1) is 10.2 Å². The molecule has 7 nitrogen and oxygen atoms in total. The molecule has 2 aromatic rings. The van der Waals surface area contributed by atoms with E-state index in [9.17, 15) is 12.8 Å². The Morgan fingerprint density at radius 1 is 1.45 bits per heavy atom. The Morgan fingerprint density at radius 2 is 2.20 bits per heavy atom. The molecule has 0 amide bonds. The molecule has 0 spiro atoms. The molecule has 1 heterocycles. The zero-order chi connectivity index (χ0) is 14.8. The molecule has 0 radical (unpaired) electrons. The molecule has 0 atom stereocenters. The first kappa shape index (κ1) is 14.6. The van der Waals surface area contributed by atoms with Gasteiger partial charge in [0.05, 0.1) is 18.0 Å². The van der Waals surface area contributed by atoms with Crippen molar-refractivity contribution in [3.63, 3.8) is 0 Å². The maximum Gasteiger partial charge on any atom is 0.241 e. The predicted octanol–water partition coefficient (Wildman–Crippen LogP) is -0.0750. The summed E-state index contributed by atoms with van der Waals surface area (Å²) in [5.74, 6) is -0.281. The molecule has 0 saturated heterocycles. The number of hydrogen-bond donors (Lipinski definition) is 2. The van der Waals surface area contributed by atoms with Crippen LogP contribution in [0.5, 0.6) is 0 Å². The van der Waals surface area contributed by atoms with Gasteiger partial charge in [0.15, 0.2) is 0 Å². The van der Waals surface area contributed by atoms with Crippen LogP contribution in [0.15, 0.2) is 29.4 Å². The summed E-state index contributed by atoms with van der Waals surface area (Å²) < 4.78 is 41.3. The highest BCUT2D eigenvalue weighted by molar-refractivity contribution is 7.89. The quantitative estimate of drug-likeness (QED) is 0.805. The van der Waals surface area contributed by atoms with Gasteiger partial charge in [-0.1, -0.05) is 6.07 Å². The van der Waals surface area contributed by atoms with E-state index in [4.69, 9.17) is 5.11 Å². The van der Waals surface area contributed by atoms with E-state index >= 15 is 0 Å². The van der Waals surface area contributed by atoms with Crippen LogP contribution in [0.4, 0.5) is 4.39 Å². The van der Waals surface area contributed by atoms with Crippen LogP contribution < -0.4 is 4.72 Å². The second kappa shape index (κ2) is 5.65. The Labute approximate surface area is 115 Å². The van der Waals surface area contributed by atoms with E-state index in [-0.39, 0.29) is 17.0 Å². The highest BCUT2D eigenvalue weighted by atomic mass is 32.2. The number of hydrogen-bond acceptors (Lipinski definition) is 5. The van der Waals surface area contributed by atoms with Gasteiger partial charge in [-0.25, -0.2) is 17.5 Å². The minimum absolute atomic E-state index is 0.0831. The van der Waals surface area contributed by atoms with Crippen molar-refractivity contribution < 1.29 is 17.9 Å². The van der Waals surface area contributed by atoms with Crippen molar-refractivity contribution in [2.45, 2.75) is 18.0 Å². The van der Waals surface area contributed by atoms with Crippen molar-refractivity contribution in [1.29, 1.82) is 0 Å². The van der Waals surface area contributed by atoms with Gasteiger partial charge in [0, 0.05) is 7.05 Å². The first-order valence-corrected chi connectivity index (χ1v) is 7.14. The van der Waals surface area contributed by atoms with Gasteiger partial charge in [-0.05, 0) is 17.7 Å². The lowest BCUT2D eigenvalue weighted by Crippen LogP contribution is -2.26. The number of benzene rings is 1. The summed E-state index contributed by atoms with van der Waals surface area (Å²) in [6.07, 6.45) is 1.44. The molecule has 20 heavy (non-hydrogen) atoms. The molecule has 0 unspecified atom stereocenters. The van der Waals surface area contributed by atoms with Crippen molar-refractivity contribution in [2.24, 2.45) is 7.05 Å². The average molecular weight is 300 g/mol. The van der Waals surface area contributed by atoms with Crippen LogP contribution in [0.2, 0.25) is 0 Å². The fourth-order valence-corrected chi connectivity index (χ4v) is 2.83. The topological polar surface area (TPSA) is 97.1 Å². The van der Waals surface area contributed by atoms with Crippen LogP contribution in [-0.2, 0) is 30.2 Å². The molecule has 0 saturated carbocycles. The molecule has 1 aromatic heterocycles. The highest BCUT2D eigenvalue weighted by Gasteiger charge is 2.19. The van der Waals surface area contributed by atoms with E-state index in [1.54, 1.807) is 11.6 Å². The summed E-state index contributed by atoms with van der Waals surface area (Å²) in [5, 5.41) is 16.5. The summed E-state index contributed by atoms with van der Waals surface area (Å²) in [5.41, 5.74) is 0.122. The summed E-state index contributed by atoms with van der Waals surface area (Å²) in [4.78, 5) is -0.290. The fourth-order valence-electron chi connectivity index (χ4n) is 1.61. The average Bonchev–Trinajstić information content (AvgIpc) is 2.82. The molecule has 9 heteroatoms. The summed E-state index contributed by atoms with van der Waals surface area (Å²) in [7, 11) is -2.28. The Bertz CT molecular complexity index is 714. The highest BCUT2D eigenvalue weighted by Crippen LogP contribution is 2.17. The number of rotatable bonds is 5. The van der Waals surface area contributed by atoms with Gasteiger partial charge in [-0.2, -0.15) is 0 Å². The number of aliphatic hydroxyl groups excluding tert-OH is 1. The van der Waals surface area contributed by atoms with Gasteiger partial charge in [0.1, 0.15) is 18.0 Å². The van der Waals surface area contributed by atoms with Gasteiger partial charge in [-0.3, -0.25) is 0 Å². The van der Waals surface area contributed by atoms with Crippen molar-refractivity contribution in [1.82, 2.24) is 19.5 Å². The molecule has 108 valence electrons. The van der Waals surface area contributed by atoms with Crippen molar-refractivity contribution in [3.05, 3.63) is 41.7 Å².